The Kier molecular flexibility index (Phi) is 4.58. The lowest BCUT2D eigenvalue weighted by molar-refractivity contribution is -0.0214. The summed E-state index contributed by atoms with van der Waals surface area (Å²) in [7, 11) is 2.14. The molecule has 3 N–H and O–H groups in total. The monoisotopic (exact) mass is 263 g/mol. The molecule has 2 atom stereocenters. The quantitative estimate of drug-likeness (QED) is 0.829. The van der Waals surface area contributed by atoms with E-state index in [4.69, 9.17) is 5.73 Å². The first-order chi connectivity index (χ1) is 9.05. The largest absolute Gasteiger partial charge is 0.382 e. The van der Waals surface area contributed by atoms with Crippen LogP contribution in [0.1, 0.15) is 12.5 Å². The molecule has 0 aromatic heterocycles. The normalized spacial score (nSPS) is 25.2. The van der Waals surface area contributed by atoms with Crippen LogP contribution in [0.3, 0.4) is 0 Å². The number of nitrogens with two attached hydrogens (primary N) is 1. The van der Waals surface area contributed by atoms with Gasteiger partial charge >= 0.3 is 0 Å². The van der Waals surface area contributed by atoms with Gasteiger partial charge in [0.2, 0.25) is 0 Å². The fraction of sp³-hybridized carbons (Fsp3) is 0.600. The molecule has 0 radical (unpaired) electrons. The summed E-state index contributed by atoms with van der Waals surface area (Å²) >= 11 is 0. The minimum atomic E-state index is -0.953. The van der Waals surface area contributed by atoms with Gasteiger partial charge in [0, 0.05) is 38.8 Å². The lowest BCUT2D eigenvalue weighted by Gasteiger charge is -2.42. The third-order valence-corrected chi connectivity index (χ3v) is 4.08. The van der Waals surface area contributed by atoms with Gasteiger partial charge < -0.3 is 15.7 Å². The number of likely N-dealkylation sites (N-methyl/N-ethyl adjacent to an activating group) is 1. The van der Waals surface area contributed by atoms with Crippen LogP contribution in [0, 0.1) is 0 Å². The molecule has 106 valence electrons. The lowest BCUT2D eigenvalue weighted by Crippen LogP contribution is -2.56. The summed E-state index contributed by atoms with van der Waals surface area (Å²) < 4.78 is 0. The van der Waals surface area contributed by atoms with E-state index >= 15 is 0 Å². The molecule has 2 rings (SSSR count). The van der Waals surface area contributed by atoms with Crippen LogP contribution in [0.15, 0.2) is 30.3 Å². The van der Waals surface area contributed by atoms with Crippen LogP contribution >= 0.6 is 0 Å². The number of nitrogens with zero attached hydrogens (tertiary/aromatic N) is 2. The average Bonchev–Trinajstić information content (AvgIpc) is 2.43. The number of hydrogen-bond donors (Lipinski definition) is 2. The van der Waals surface area contributed by atoms with E-state index in [1.54, 1.807) is 0 Å². The highest BCUT2D eigenvalue weighted by Gasteiger charge is 2.33. The summed E-state index contributed by atoms with van der Waals surface area (Å²) in [4.78, 5) is 4.66. The zero-order valence-electron chi connectivity index (χ0n) is 11.9. The fourth-order valence-electron chi connectivity index (χ4n) is 2.77. The smallest absolute Gasteiger partial charge is 0.114 e. The summed E-state index contributed by atoms with van der Waals surface area (Å²) in [6.45, 7) is 6.11. The van der Waals surface area contributed by atoms with E-state index in [0.29, 0.717) is 12.6 Å². The van der Waals surface area contributed by atoms with Crippen molar-refractivity contribution in [1.82, 2.24) is 9.80 Å². The van der Waals surface area contributed by atoms with E-state index in [0.717, 1.165) is 25.2 Å². The second kappa shape index (κ2) is 6.01. The Labute approximate surface area is 115 Å². The highest BCUT2D eigenvalue weighted by molar-refractivity contribution is 5.23. The zero-order valence-corrected chi connectivity index (χ0v) is 11.9. The van der Waals surface area contributed by atoms with E-state index in [-0.39, 0.29) is 6.54 Å². The second-order valence-corrected chi connectivity index (χ2v) is 5.68. The Hall–Kier alpha value is -0.940. The molecule has 4 nitrogen and oxygen atoms in total. The van der Waals surface area contributed by atoms with Crippen molar-refractivity contribution >= 4 is 0 Å². The molecule has 0 bridgehead atoms. The first-order valence-electron chi connectivity index (χ1n) is 6.96. The zero-order chi connectivity index (χ0) is 13.9. The predicted molar refractivity (Wildman–Crippen MR) is 77.9 cm³/mol. The number of hydrogen-bond acceptors (Lipinski definition) is 4. The Morgan fingerprint density at radius 2 is 2.00 bits per heavy atom. The van der Waals surface area contributed by atoms with E-state index in [9.17, 15) is 5.11 Å². The first-order valence-corrected chi connectivity index (χ1v) is 6.96. The van der Waals surface area contributed by atoms with Gasteiger partial charge in [-0.05, 0) is 19.5 Å². The lowest BCUT2D eigenvalue weighted by atomic mass is 9.92. The van der Waals surface area contributed by atoms with Crippen molar-refractivity contribution in [3.8, 4) is 0 Å². The van der Waals surface area contributed by atoms with Crippen LogP contribution in [-0.2, 0) is 5.60 Å². The maximum Gasteiger partial charge on any atom is 0.114 e. The van der Waals surface area contributed by atoms with Crippen molar-refractivity contribution in [2.24, 2.45) is 5.73 Å². The van der Waals surface area contributed by atoms with E-state index < -0.39 is 5.60 Å². The van der Waals surface area contributed by atoms with Crippen molar-refractivity contribution in [3.63, 3.8) is 0 Å². The Morgan fingerprint density at radius 1 is 1.32 bits per heavy atom. The second-order valence-electron chi connectivity index (χ2n) is 5.68. The van der Waals surface area contributed by atoms with Gasteiger partial charge in [-0.3, -0.25) is 4.90 Å². The molecule has 2 unspecified atom stereocenters. The first kappa shape index (κ1) is 14.5. The van der Waals surface area contributed by atoms with Crippen LogP contribution in [0.5, 0.6) is 0 Å². The van der Waals surface area contributed by atoms with Crippen molar-refractivity contribution in [1.29, 1.82) is 0 Å². The molecule has 1 aliphatic heterocycles. The van der Waals surface area contributed by atoms with Gasteiger partial charge in [0.25, 0.3) is 0 Å². The van der Waals surface area contributed by atoms with E-state index in [1.807, 2.05) is 30.3 Å². The van der Waals surface area contributed by atoms with E-state index in [2.05, 4.69) is 23.8 Å². The van der Waals surface area contributed by atoms with Gasteiger partial charge in [-0.15, -0.1) is 0 Å². The van der Waals surface area contributed by atoms with Crippen molar-refractivity contribution < 1.29 is 5.11 Å². The van der Waals surface area contributed by atoms with E-state index in [1.165, 1.54) is 0 Å². The fourth-order valence-corrected chi connectivity index (χ4v) is 2.77. The summed E-state index contributed by atoms with van der Waals surface area (Å²) in [6.07, 6.45) is 0. The van der Waals surface area contributed by atoms with Gasteiger partial charge in [-0.2, -0.15) is 0 Å². The highest BCUT2D eigenvalue weighted by Crippen LogP contribution is 2.23. The number of piperazine rings is 1. The molecular formula is C15H25N3O. The third-order valence-electron chi connectivity index (χ3n) is 4.08. The molecule has 1 aromatic carbocycles. The summed E-state index contributed by atoms with van der Waals surface area (Å²) in [6, 6.07) is 10.2. The molecular weight excluding hydrogens is 238 g/mol. The minimum absolute atomic E-state index is 0.246. The molecule has 0 spiro atoms. The number of benzene rings is 1. The molecule has 0 amide bonds. The molecule has 1 aliphatic rings. The van der Waals surface area contributed by atoms with Crippen molar-refractivity contribution in [2.75, 3.05) is 39.8 Å². The molecule has 1 heterocycles. The highest BCUT2D eigenvalue weighted by atomic mass is 16.3. The van der Waals surface area contributed by atoms with Crippen LogP contribution in [-0.4, -0.2) is 60.7 Å². The van der Waals surface area contributed by atoms with Gasteiger partial charge in [0.05, 0.1) is 0 Å². The molecule has 0 saturated carbocycles. The Balaban J connectivity index is 2.10. The minimum Gasteiger partial charge on any atom is -0.382 e. The van der Waals surface area contributed by atoms with Gasteiger partial charge in [0.15, 0.2) is 0 Å². The Morgan fingerprint density at radius 3 is 2.58 bits per heavy atom. The SMILES string of the molecule is CC1CN(C)CCN1CC(O)(CN)c1ccccc1. The number of β-amino-alcohol motifs (C(OH)–C–C–N with tert-alkyl or cyclic N) is 1. The molecule has 1 saturated heterocycles. The summed E-state index contributed by atoms with van der Waals surface area (Å²) in [5.41, 5.74) is 5.80. The third kappa shape index (κ3) is 3.34. The average molecular weight is 263 g/mol. The maximum atomic E-state index is 10.8. The van der Waals surface area contributed by atoms with Crippen LogP contribution < -0.4 is 5.73 Å². The van der Waals surface area contributed by atoms with Gasteiger partial charge in [-0.1, -0.05) is 30.3 Å². The van der Waals surface area contributed by atoms with Crippen molar-refractivity contribution in [2.45, 2.75) is 18.6 Å². The van der Waals surface area contributed by atoms with Gasteiger partial charge in [-0.25, -0.2) is 0 Å². The molecule has 0 aliphatic carbocycles. The van der Waals surface area contributed by atoms with Crippen LogP contribution in [0.2, 0.25) is 0 Å². The maximum absolute atomic E-state index is 10.8. The molecule has 1 fully saturated rings. The number of rotatable bonds is 4. The predicted octanol–water partition coefficient (Wildman–Crippen LogP) is 0.469. The van der Waals surface area contributed by atoms with Crippen LogP contribution in [0.4, 0.5) is 0 Å². The standard InChI is InChI=1S/C15H25N3O/c1-13-10-17(2)8-9-18(13)12-15(19,11-16)14-6-4-3-5-7-14/h3-7,13,19H,8-12,16H2,1-2H3. The Bertz CT molecular complexity index is 398. The molecule has 1 aromatic rings. The van der Waals surface area contributed by atoms with Crippen LogP contribution in [0.25, 0.3) is 0 Å². The molecule has 4 heteroatoms. The topological polar surface area (TPSA) is 52.7 Å². The van der Waals surface area contributed by atoms with Crippen molar-refractivity contribution in [3.05, 3.63) is 35.9 Å². The van der Waals surface area contributed by atoms with Gasteiger partial charge in [0.1, 0.15) is 5.60 Å². The molecule has 19 heavy (non-hydrogen) atoms. The number of aliphatic hydroxyl groups is 1. The summed E-state index contributed by atoms with van der Waals surface area (Å²) in [5, 5.41) is 10.8. The summed E-state index contributed by atoms with van der Waals surface area (Å²) in [5.74, 6) is 0.